The monoisotopic (exact) mass is 524 g/mol. The Morgan fingerprint density at radius 2 is 1.53 bits per heavy atom. The van der Waals surface area contributed by atoms with E-state index in [-0.39, 0.29) is 41.2 Å². The van der Waals surface area contributed by atoms with Crippen LogP contribution in [-0.4, -0.2) is 47.5 Å². The Hall–Kier alpha value is -2.40. The predicted molar refractivity (Wildman–Crippen MR) is 155 cm³/mol. The van der Waals surface area contributed by atoms with Crippen molar-refractivity contribution in [2.24, 2.45) is 0 Å². The van der Waals surface area contributed by atoms with Crippen LogP contribution in [0.2, 0.25) is 0 Å². The molecule has 3 rings (SSSR count). The van der Waals surface area contributed by atoms with E-state index >= 15 is 0 Å². The van der Waals surface area contributed by atoms with Gasteiger partial charge in [-0.3, -0.25) is 9.69 Å². The normalized spacial score (nSPS) is 19.9. The third-order valence-electron chi connectivity index (χ3n) is 7.98. The van der Waals surface area contributed by atoms with Gasteiger partial charge in [0.15, 0.2) is 6.61 Å². The van der Waals surface area contributed by atoms with Crippen molar-refractivity contribution < 1.29 is 13.9 Å². The SMILES string of the molecule is CCC(C)c1cc(C(C)(C)C)c(OCC(=O)N2CC(C)N(Cc3ccc(F)cc3)CC2C)c(C(C)(C)C)c1. The fraction of sp³-hybridized carbons (Fsp3) is 0.606. The third-order valence-corrected chi connectivity index (χ3v) is 7.98. The molecule has 1 saturated heterocycles. The topological polar surface area (TPSA) is 32.8 Å². The molecule has 1 aliphatic heterocycles. The van der Waals surface area contributed by atoms with E-state index in [1.54, 1.807) is 0 Å². The summed E-state index contributed by atoms with van der Waals surface area (Å²) < 4.78 is 19.8. The van der Waals surface area contributed by atoms with Crippen LogP contribution < -0.4 is 4.74 Å². The number of piperazine rings is 1. The number of halogens is 1. The molecule has 0 aliphatic carbocycles. The molecule has 2 aromatic rings. The number of nitrogens with zero attached hydrogens (tertiary/aromatic N) is 2. The van der Waals surface area contributed by atoms with Crippen LogP contribution in [0.1, 0.15) is 104 Å². The van der Waals surface area contributed by atoms with E-state index in [2.05, 4.69) is 86.3 Å². The van der Waals surface area contributed by atoms with Gasteiger partial charge in [0, 0.05) is 42.8 Å². The maximum Gasteiger partial charge on any atom is 0.260 e. The first-order valence-corrected chi connectivity index (χ1v) is 14.2. The number of ether oxygens (including phenoxy) is 1. The molecule has 0 N–H and O–H groups in total. The van der Waals surface area contributed by atoms with Gasteiger partial charge in [0.05, 0.1) is 0 Å². The Morgan fingerprint density at radius 3 is 2.03 bits per heavy atom. The molecule has 4 nitrogen and oxygen atoms in total. The molecule has 0 saturated carbocycles. The smallest absolute Gasteiger partial charge is 0.260 e. The van der Waals surface area contributed by atoms with Gasteiger partial charge in [-0.25, -0.2) is 4.39 Å². The van der Waals surface area contributed by atoms with Crippen LogP contribution in [0.5, 0.6) is 5.75 Å². The zero-order valence-electron chi connectivity index (χ0n) is 25.3. The maximum atomic E-state index is 13.5. The van der Waals surface area contributed by atoms with Gasteiger partial charge < -0.3 is 9.64 Å². The number of hydrogen-bond donors (Lipinski definition) is 0. The molecule has 0 radical (unpaired) electrons. The number of hydrogen-bond acceptors (Lipinski definition) is 3. The number of benzene rings is 2. The van der Waals surface area contributed by atoms with Gasteiger partial charge in [-0.2, -0.15) is 0 Å². The van der Waals surface area contributed by atoms with E-state index in [4.69, 9.17) is 4.74 Å². The standard InChI is InChI=1S/C33H49FN2O2/c1-11-22(2)26-16-28(32(5,6)7)31(29(17-26)33(8,9)10)38-21-30(37)36-19-23(3)35(18-24(36)4)20-25-12-14-27(34)15-13-25/h12-17,22-24H,11,18-21H2,1-10H3. The van der Waals surface area contributed by atoms with Gasteiger partial charge in [-0.1, -0.05) is 79.7 Å². The van der Waals surface area contributed by atoms with Gasteiger partial charge in [-0.15, -0.1) is 0 Å². The van der Waals surface area contributed by atoms with Gasteiger partial charge in [0.25, 0.3) is 5.91 Å². The van der Waals surface area contributed by atoms with Crippen molar-refractivity contribution in [2.45, 2.75) is 111 Å². The van der Waals surface area contributed by atoms with Crippen molar-refractivity contribution >= 4 is 5.91 Å². The first kappa shape index (κ1) is 30.1. The minimum atomic E-state index is -0.218. The molecule has 0 spiro atoms. The summed E-state index contributed by atoms with van der Waals surface area (Å²) in [6.45, 7) is 24.2. The lowest BCUT2D eigenvalue weighted by Gasteiger charge is -2.44. The minimum absolute atomic E-state index is 0.0245. The van der Waals surface area contributed by atoms with E-state index in [0.717, 1.165) is 30.8 Å². The molecular formula is C33H49FN2O2. The fourth-order valence-electron chi connectivity index (χ4n) is 5.25. The molecule has 3 unspecified atom stereocenters. The van der Waals surface area contributed by atoms with Crippen LogP contribution in [0.4, 0.5) is 4.39 Å². The Bertz CT molecular complexity index is 1060. The molecule has 1 fully saturated rings. The quantitative estimate of drug-likeness (QED) is 0.377. The average molecular weight is 525 g/mol. The summed E-state index contributed by atoms with van der Waals surface area (Å²) in [5.74, 6) is 1.13. The minimum Gasteiger partial charge on any atom is -0.483 e. The Kier molecular flexibility index (Phi) is 9.34. The van der Waals surface area contributed by atoms with Gasteiger partial charge >= 0.3 is 0 Å². The van der Waals surface area contributed by atoms with E-state index in [1.807, 2.05) is 17.0 Å². The Balaban J connectivity index is 1.79. The van der Waals surface area contributed by atoms with Gasteiger partial charge in [0.2, 0.25) is 0 Å². The van der Waals surface area contributed by atoms with Crippen LogP contribution in [0, 0.1) is 5.82 Å². The Morgan fingerprint density at radius 1 is 0.974 bits per heavy atom. The van der Waals surface area contributed by atoms with Crippen LogP contribution in [0.15, 0.2) is 36.4 Å². The number of carbonyl (C=O) groups is 1. The lowest BCUT2D eigenvalue weighted by molar-refractivity contribution is -0.139. The number of rotatable bonds is 7. The van der Waals surface area contributed by atoms with Crippen molar-refractivity contribution in [1.29, 1.82) is 0 Å². The average Bonchev–Trinajstić information content (AvgIpc) is 2.83. The Labute approximate surface area is 230 Å². The zero-order chi connectivity index (χ0) is 28.4. The highest BCUT2D eigenvalue weighted by Gasteiger charge is 2.33. The molecule has 2 aromatic carbocycles. The molecule has 1 aliphatic rings. The van der Waals surface area contributed by atoms with E-state index < -0.39 is 0 Å². The summed E-state index contributed by atoms with van der Waals surface area (Å²) in [4.78, 5) is 17.8. The number of amides is 1. The summed E-state index contributed by atoms with van der Waals surface area (Å²) in [6, 6.07) is 11.5. The van der Waals surface area contributed by atoms with Crippen LogP contribution in [-0.2, 0) is 22.2 Å². The van der Waals surface area contributed by atoms with Crippen molar-refractivity contribution in [3.05, 3.63) is 64.5 Å². The summed E-state index contributed by atoms with van der Waals surface area (Å²) in [7, 11) is 0. The molecule has 0 bridgehead atoms. The lowest BCUT2D eigenvalue weighted by atomic mass is 9.77. The molecular weight excluding hydrogens is 475 g/mol. The summed E-state index contributed by atoms with van der Waals surface area (Å²) >= 11 is 0. The third kappa shape index (κ3) is 7.16. The maximum absolute atomic E-state index is 13.5. The lowest BCUT2D eigenvalue weighted by Crippen LogP contribution is -2.58. The van der Waals surface area contributed by atoms with Crippen LogP contribution in [0.3, 0.4) is 0 Å². The van der Waals surface area contributed by atoms with Gasteiger partial charge in [-0.05, 0) is 60.3 Å². The highest BCUT2D eigenvalue weighted by molar-refractivity contribution is 5.78. The zero-order valence-corrected chi connectivity index (χ0v) is 25.3. The highest BCUT2D eigenvalue weighted by atomic mass is 19.1. The second-order valence-corrected chi connectivity index (χ2v) is 13.3. The van der Waals surface area contributed by atoms with Gasteiger partial charge in [0.1, 0.15) is 11.6 Å². The fourth-order valence-corrected chi connectivity index (χ4v) is 5.25. The van der Waals surface area contributed by atoms with E-state index in [9.17, 15) is 9.18 Å². The molecule has 210 valence electrons. The highest BCUT2D eigenvalue weighted by Crippen LogP contribution is 2.42. The van der Waals surface area contributed by atoms with Crippen LogP contribution >= 0.6 is 0 Å². The second kappa shape index (κ2) is 11.8. The van der Waals surface area contributed by atoms with Crippen molar-refractivity contribution in [1.82, 2.24) is 9.80 Å². The first-order chi connectivity index (χ1) is 17.6. The number of carbonyl (C=O) groups excluding carboxylic acids is 1. The van der Waals surface area contributed by atoms with Crippen molar-refractivity contribution in [3.63, 3.8) is 0 Å². The molecule has 3 atom stereocenters. The van der Waals surface area contributed by atoms with Crippen molar-refractivity contribution in [3.8, 4) is 5.75 Å². The molecule has 5 heteroatoms. The summed E-state index contributed by atoms with van der Waals surface area (Å²) in [6.07, 6.45) is 1.08. The molecule has 1 amide bonds. The largest absolute Gasteiger partial charge is 0.483 e. The first-order valence-electron chi connectivity index (χ1n) is 14.2. The predicted octanol–water partition coefficient (Wildman–Crippen LogP) is 7.43. The van der Waals surface area contributed by atoms with Crippen molar-refractivity contribution in [2.75, 3.05) is 19.7 Å². The summed E-state index contributed by atoms with van der Waals surface area (Å²) in [5, 5.41) is 0. The van der Waals surface area contributed by atoms with E-state index in [0.29, 0.717) is 12.5 Å². The molecule has 1 heterocycles. The van der Waals surface area contributed by atoms with Crippen LogP contribution in [0.25, 0.3) is 0 Å². The van der Waals surface area contributed by atoms with E-state index in [1.165, 1.54) is 28.8 Å². The summed E-state index contributed by atoms with van der Waals surface area (Å²) in [5.41, 5.74) is 4.52. The molecule has 0 aromatic heterocycles. The molecule has 38 heavy (non-hydrogen) atoms. The second-order valence-electron chi connectivity index (χ2n) is 13.3.